The minimum atomic E-state index is 0.194. The molecule has 1 nitrogen and oxygen atoms in total. The number of hydrogen-bond donors (Lipinski definition) is 0. The van der Waals surface area contributed by atoms with Crippen LogP contribution >= 0.6 is 0 Å². The summed E-state index contributed by atoms with van der Waals surface area (Å²) in [4.78, 5) is 0. The van der Waals surface area contributed by atoms with Gasteiger partial charge in [-0.3, -0.25) is 0 Å². The highest BCUT2D eigenvalue weighted by Gasteiger charge is 2.29. The summed E-state index contributed by atoms with van der Waals surface area (Å²) in [6, 6.07) is 11.0. The molecule has 2 rings (SSSR count). The minimum Gasteiger partial charge on any atom is -0.198 e. The fraction of sp³-hybridized carbons (Fsp3) is 0.462. The summed E-state index contributed by atoms with van der Waals surface area (Å²) >= 11 is 0. The SMILES string of the molecule is C[C@@H]1C[C@@H](C#N)[C@H](C)c2ccccc21. The average Bonchev–Trinajstić information content (AvgIpc) is 2.23. The molecular weight excluding hydrogens is 170 g/mol. The predicted molar refractivity (Wildman–Crippen MR) is 57.0 cm³/mol. The van der Waals surface area contributed by atoms with E-state index in [1.165, 1.54) is 11.1 Å². The molecule has 0 saturated carbocycles. The maximum absolute atomic E-state index is 9.05. The third-order valence-electron chi connectivity index (χ3n) is 3.39. The van der Waals surface area contributed by atoms with Crippen molar-refractivity contribution in [3.63, 3.8) is 0 Å². The number of rotatable bonds is 0. The largest absolute Gasteiger partial charge is 0.198 e. The second-order valence-corrected chi connectivity index (χ2v) is 4.29. The van der Waals surface area contributed by atoms with Gasteiger partial charge in [-0.15, -0.1) is 0 Å². The molecular formula is C13H15N. The summed E-state index contributed by atoms with van der Waals surface area (Å²) in [5.41, 5.74) is 2.81. The van der Waals surface area contributed by atoms with Crippen molar-refractivity contribution in [1.29, 1.82) is 5.26 Å². The van der Waals surface area contributed by atoms with Crippen LogP contribution in [0.15, 0.2) is 24.3 Å². The van der Waals surface area contributed by atoms with Gasteiger partial charge in [0.15, 0.2) is 0 Å². The van der Waals surface area contributed by atoms with Crippen molar-refractivity contribution in [2.75, 3.05) is 0 Å². The number of nitriles is 1. The molecule has 0 unspecified atom stereocenters. The van der Waals surface area contributed by atoms with Gasteiger partial charge in [-0.2, -0.15) is 5.26 Å². The fourth-order valence-electron chi connectivity index (χ4n) is 2.47. The van der Waals surface area contributed by atoms with E-state index in [1.54, 1.807) is 0 Å². The zero-order chi connectivity index (χ0) is 10.1. The molecule has 0 bridgehead atoms. The maximum Gasteiger partial charge on any atom is 0.0662 e. The zero-order valence-corrected chi connectivity index (χ0v) is 8.70. The molecule has 0 spiro atoms. The van der Waals surface area contributed by atoms with Gasteiger partial charge in [-0.1, -0.05) is 38.1 Å². The molecule has 1 aromatic rings. The van der Waals surface area contributed by atoms with Gasteiger partial charge in [-0.25, -0.2) is 0 Å². The van der Waals surface area contributed by atoms with Crippen LogP contribution in [-0.4, -0.2) is 0 Å². The van der Waals surface area contributed by atoms with E-state index in [0.717, 1.165) is 6.42 Å². The number of hydrogen-bond acceptors (Lipinski definition) is 1. The second-order valence-electron chi connectivity index (χ2n) is 4.29. The lowest BCUT2D eigenvalue weighted by Crippen LogP contribution is -2.19. The molecule has 14 heavy (non-hydrogen) atoms. The molecule has 0 radical (unpaired) electrons. The van der Waals surface area contributed by atoms with Crippen LogP contribution in [0.2, 0.25) is 0 Å². The van der Waals surface area contributed by atoms with Crippen molar-refractivity contribution in [2.24, 2.45) is 5.92 Å². The van der Waals surface area contributed by atoms with Crippen LogP contribution in [0.4, 0.5) is 0 Å². The molecule has 0 aromatic heterocycles. The first kappa shape index (κ1) is 9.27. The Labute approximate surface area is 85.4 Å². The summed E-state index contributed by atoms with van der Waals surface area (Å²) in [6.45, 7) is 4.38. The Morgan fingerprint density at radius 1 is 1.21 bits per heavy atom. The molecule has 1 heteroatoms. The van der Waals surface area contributed by atoms with Gasteiger partial charge in [0.25, 0.3) is 0 Å². The monoisotopic (exact) mass is 185 g/mol. The summed E-state index contributed by atoms with van der Waals surface area (Å²) in [5, 5.41) is 9.05. The Bertz CT molecular complexity index is 375. The number of fused-ring (bicyclic) bond motifs is 1. The Balaban J connectivity index is 2.47. The molecule has 0 fully saturated rings. The first-order chi connectivity index (χ1) is 6.74. The average molecular weight is 185 g/mol. The third kappa shape index (κ3) is 1.32. The third-order valence-corrected chi connectivity index (χ3v) is 3.39. The smallest absolute Gasteiger partial charge is 0.0662 e. The molecule has 0 N–H and O–H groups in total. The molecule has 0 heterocycles. The number of nitrogens with zero attached hydrogens (tertiary/aromatic N) is 1. The lowest BCUT2D eigenvalue weighted by molar-refractivity contribution is 0.436. The zero-order valence-electron chi connectivity index (χ0n) is 8.70. The van der Waals surface area contributed by atoms with Gasteiger partial charge in [-0.05, 0) is 29.4 Å². The van der Waals surface area contributed by atoms with Gasteiger partial charge in [0, 0.05) is 0 Å². The van der Waals surface area contributed by atoms with Gasteiger partial charge in [0.05, 0.1) is 12.0 Å². The van der Waals surface area contributed by atoms with E-state index in [0.29, 0.717) is 11.8 Å². The minimum absolute atomic E-state index is 0.194. The molecule has 0 amide bonds. The lowest BCUT2D eigenvalue weighted by Gasteiger charge is -2.31. The van der Waals surface area contributed by atoms with Crippen molar-refractivity contribution in [2.45, 2.75) is 32.1 Å². The standard InChI is InChI=1S/C13H15N/c1-9-7-11(8-14)10(2)13-6-4-3-5-12(9)13/h3-6,9-11H,7H2,1-2H3/t9-,10+,11+/m1/s1. The Hall–Kier alpha value is -1.29. The van der Waals surface area contributed by atoms with Gasteiger partial charge in [0.1, 0.15) is 0 Å². The maximum atomic E-state index is 9.05. The fourth-order valence-corrected chi connectivity index (χ4v) is 2.47. The van der Waals surface area contributed by atoms with Crippen LogP contribution in [0.1, 0.15) is 43.2 Å². The molecule has 0 aliphatic heterocycles. The summed E-state index contributed by atoms with van der Waals surface area (Å²) in [6.07, 6.45) is 1.01. The Morgan fingerprint density at radius 3 is 2.50 bits per heavy atom. The highest BCUT2D eigenvalue weighted by atomic mass is 14.4. The predicted octanol–water partition coefficient (Wildman–Crippen LogP) is 3.44. The van der Waals surface area contributed by atoms with Crippen molar-refractivity contribution in [3.8, 4) is 6.07 Å². The van der Waals surface area contributed by atoms with Crippen molar-refractivity contribution >= 4 is 0 Å². The molecule has 72 valence electrons. The van der Waals surface area contributed by atoms with Crippen LogP contribution < -0.4 is 0 Å². The van der Waals surface area contributed by atoms with E-state index in [4.69, 9.17) is 5.26 Å². The summed E-state index contributed by atoms with van der Waals surface area (Å²) in [7, 11) is 0. The lowest BCUT2D eigenvalue weighted by atomic mass is 9.72. The van der Waals surface area contributed by atoms with E-state index in [9.17, 15) is 0 Å². The first-order valence-corrected chi connectivity index (χ1v) is 5.22. The van der Waals surface area contributed by atoms with E-state index in [-0.39, 0.29) is 5.92 Å². The topological polar surface area (TPSA) is 23.8 Å². The van der Waals surface area contributed by atoms with Crippen LogP contribution in [0.25, 0.3) is 0 Å². The molecule has 1 aliphatic carbocycles. The highest BCUT2D eigenvalue weighted by Crippen LogP contribution is 2.41. The molecule has 0 saturated heterocycles. The molecule has 3 atom stereocenters. The van der Waals surface area contributed by atoms with Crippen LogP contribution in [-0.2, 0) is 0 Å². The number of benzene rings is 1. The Morgan fingerprint density at radius 2 is 1.86 bits per heavy atom. The van der Waals surface area contributed by atoms with Crippen molar-refractivity contribution in [3.05, 3.63) is 35.4 Å². The first-order valence-electron chi connectivity index (χ1n) is 5.22. The van der Waals surface area contributed by atoms with Gasteiger partial charge >= 0.3 is 0 Å². The van der Waals surface area contributed by atoms with Crippen molar-refractivity contribution in [1.82, 2.24) is 0 Å². The van der Waals surface area contributed by atoms with E-state index < -0.39 is 0 Å². The van der Waals surface area contributed by atoms with E-state index in [1.807, 2.05) is 0 Å². The van der Waals surface area contributed by atoms with E-state index in [2.05, 4.69) is 44.2 Å². The highest BCUT2D eigenvalue weighted by molar-refractivity contribution is 5.36. The van der Waals surface area contributed by atoms with E-state index >= 15 is 0 Å². The van der Waals surface area contributed by atoms with Crippen LogP contribution in [0.5, 0.6) is 0 Å². The summed E-state index contributed by atoms with van der Waals surface area (Å²) in [5.74, 6) is 1.12. The summed E-state index contributed by atoms with van der Waals surface area (Å²) < 4.78 is 0. The van der Waals surface area contributed by atoms with Crippen LogP contribution in [0.3, 0.4) is 0 Å². The van der Waals surface area contributed by atoms with Gasteiger partial charge in [0.2, 0.25) is 0 Å². The molecule has 1 aromatic carbocycles. The van der Waals surface area contributed by atoms with Crippen molar-refractivity contribution < 1.29 is 0 Å². The second kappa shape index (κ2) is 3.46. The quantitative estimate of drug-likeness (QED) is 0.607. The normalized spacial score (nSPS) is 30.5. The molecule has 1 aliphatic rings. The van der Waals surface area contributed by atoms with Gasteiger partial charge < -0.3 is 0 Å². The Kier molecular flexibility index (Phi) is 2.29. The van der Waals surface area contributed by atoms with Crippen LogP contribution in [0, 0.1) is 17.2 Å².